The highest BCUT2D eigenvalue weighted by atomic mass is 35.5. The van der Waals surface area contributed by atoms with Crippen LogP contribution < -0.4 is 4.74 Å². The summed E-state index contributed by atoms with van der Waals surface area (Å²) in [5.74, 6) is -0.254. The predicted octanol–water partition coefficient (Wildman–Crippen LogP) is 3.43. The Morgan fingerprint density at radius 1 is 1.27 bits per heavy atom. The first kappa shape index (κ1) is 15.1. The minimum Gasteiger partial charge on any atom is -0.471 e. The van der Waals surface area contributed by atoms with Crippen molar-refractivity contribution in [3.05, 3.63) is 58.0 Å². The van der Waals surface area contributed by atoms with Gasteiger partial charge < -0.3 is 9.64 Å². The molecule has 1 aliphatic heterocycles. The van der Waals surface area contributed by atoms with Crippen LogP contribution in [0.4, 0.5) is 4.39 Å². The number of halogens is 3. The standard InChI is InChI=1S/C15H11Cl2FN2O2/c16-9-1-4-14(19-6-9)22-11-7-20(8-11)15(21)12-3-2-10(18)5-13(12)17/h1-6,11H,7-8H2. The summed E-state index contributed by atoms with van der Waals surface area (Å²) in [6.07, 6.45) is 1.37. The van der Waals surface area contributed by atoms with Crippen molar-refractivity contribution < 1.29 is 13.9 Å². The fourth-order valence-electron chi connectivity index (χ4n) is 2.11. The summed E-state index contributed by atoms with van der Waals surface area (Å²) in [5, 5.41) is 0.637. The van der Waals surface area contributed by atoms with E-state index in [0.717, 1.165) is 6.07 Å². The van der Waals surface area contributed by atoms with Gasteiger partial charge in [-0.25, -0.2) is 9.37 Å². The molecule has 0 radical (unpaired) electrons. The van der Waals surface area contributed by atoms with Crippen molar-refractivity contribution in [2.45, 2.75) is 6.10 Å². The van der Waals surface area contributed by atoms with Gasteiger partial charge in [0.05, 0.1) is 28.7 Å². The number of hydrogen-bond donors (Lipinski definition) is 0. The summed E-state index contributed by atoms with van der Waals surface area (Å²) in [5.41, 5.74) is 0.283. The van der Waals surface area contributed by atoms with Gasteiger partial charge in [0.15, 0.2) is 0 Å². The van der Waals surface area contributed by atoms with Crippen molar-refractivity contribution in [3.8, 4) is 5.88 Å². The van der Waals surface area contributed by atoms with Crippen LogP contribution in [0.15, 0.2) is 36.5 Å². The molecule has 1 aromatic carbocycles. The number of likely N-dealkylation sites (tertiary alicyclic amines) is 1. The van der Waals surface area contributed by atoms with Gasteiger partial charge in [0.2, 0.25) is 5.88 Å². The Kier molecular flexibility index (Phi) is 4.18. The van der Waals surface area contributed by atoms with E-state index in [2.05, 4.69) is 4.98 Å². The summed E-state index contributed by atoms with van der Waals surface area (Å²) in [4.78, 5) is 17.8. The number of carbonyl (C=O) groups is 1. The minimum atomic E-state index is -0.472. The van der Waals surface area contributed by atoms with Crippen LogP contribution >= 0.6 is 23.2 Å². The Morgan fingerprint density at radius 3 is 2.68 bits per heavy atom. The van der Waals surface area contributed by atoms with Crippen LogP contribution in [0.1, 0.15) is 10.4 Å². The first-order valence-corrected chi connectivity index (χ1v) is 7.31. The molecular weight excluding hydrogens is 330 g/mol. The number of amides is 1. The van der Waals surface area contributed by atoms with E-state index in [9.17, 15) is 9.18 Å². The first-order valence-electron chi connectivity index (χ1n) is 6.55. The monoisotopic (exact) mass is 340 g/mol. The van der Waals surface area contributed by atoms with Crippen LogP contribution in [0.5, 0.6) is 5.88 Å². The Labute approximate surface area is 136 Å². The van der Waals surface area contributed by atoms with Gasteiger partial charge in [0, 0.05) is 12.3 Å². The van der Waals surface area contributed by atoms with E-state index >= 15 is 0 Å². The maximum absolute atomic E-state index is 13.0. The van der Waals surface area contributed by atoms with Crippen molar-refractivity contribution in [2.75, 3.05) is 13.1 Å². The molecule has 2 aromatic rings. The minimum absolute atomic E-state index is 0.105. The molecule has 4 nitrogen and oxygen atoms in total. The van der Waals surface area contributed by atoms with Crippen LogP contribution in [0.3, 0.4) is 0 Å². The zero-order chi connectivity index (χ0) is 15.7. The van der Waals surface area contributed by atoms with E-state index in [1.807, 2.05) is 0 Å². The molecule has 0 spiro atoms. The topological polar surface area (TPSA) is 42.4 Å². The van der Waals surface area contributed by atoms with Crippen LogP contribution in [0.25, 0.3) is 0 Å². The first-order chi connectivity index (χ1) is 10.5. The molecule has 0 bridgehead atoms. The number of pyridine rings is 1. The Morgan fingerprint density at radius 2 is 2.05 bits per heavy atom. The molecule has 0 N–H and O–H groups in total. The van der Waals surface area contributed by atoms with Gasteiger partial charge in [-0.2, -0.15) is 0 Å². The number of benzene rings is 1. The second kappa shape index (κ2) is 6.10. The lowest BCUT2D eigenvalue weighted by molar-refractivity contribution is 0.0160. The average molecular weight is 341 g/mol. The SMILES string of the molecule is O=C(c1ccc(F)cc1Cl)N1CC(Oc2ccc(Cl)cn2)C1. The molecule has 0 aliphatic carbocycles. The Hall–Kier alpha value is -1.85. The number of rotatable bonds is 3. The smallest absolute Gasteiger partial charge is 0.255 e. The van der Waals surface area contributed by atoms with Crippen molar-refractivity contribution in [3.63, 3.8) is 0 Å². The van der Waals surface area contributed by atoms with Crippen LogP contribution in [-0.4, -0.2) is 35.0 Å². The van der Waals surface area contributed by atoms with Crippen LogP contribution in [0.2, 0.25) is 10.0 Å². The third-order valence-electron chi connectivity index (χ3n) is 3.28. The van der Waals surface area contributed by atoms with Gasteiger partial charge in [-0.3, -0.25) is 4.79 Å². The molecule has 2 heterocycles. The predicted molar refractivity (Wildman–Crippen MR) is 81.0 cm³/mol. The van der Waals surface area contributed by atoms with Gasteiger partial charge in [-0.05, 0) is 24.3 Å². The molecule has 1 saturated heterocycles. The summed E-state index contributed by atoms with van der Waals surface area (Å²) in [7, 11) is 0. The molecule has 3 rings (SSSR count). The average Bonchev–Trinajstić information content (AvgIpc) is 2.43. The quantitative estimate of drug-likeness (QED) is 0.859. The van der Waals surface area contributed by atoms with Gasteiger partial charge in [0.25, 0.3) is 5.91 Å². The number of nitrogens with zero attached hydrogens (tertiary/aromatic N) is 2. The summed E-state index contributed by atoms with van der Waals surface area (Å²) >= 11 is 11.6. The van der Waals surface area contributed by atoms with E-state index in [0.29, 0.717) is 24.0 Å². The van der Waals surface area contributed by atoms with E-state index in [4.69, 9.17) is 27.9 Å². The maximum Gasteiger partial charge on any atom is 0.255 e. The van der Waals surface area contributed by atoms with Gasteiger partial charge in [-0.1, -0.05) is 23.2 Å². The molecule has 1 amide bonds. The van der Waals surface area contributed by atoms with Crippen molar-refractivity contribution >= 4 is 29.1 Å². The van der Waals surface area contributed by atoms with E-state index in [-0.39, 0.29) is 22.6 Å². The van der Waals surface area contributed by atoms with E-state index in [1.165, 1.54) is 18.3 Å². The normalized spacial score (nSPS) is 14.6. The molecule has 0 unspecified atom stereocenters. The molecule has 0 saturated carbocycles. The second-order valence-electron chi connectivity index (χ2n) is 4.89. The molecule has 114 valence electrons. The third-order valence-corrected chi connectivity index (χ3v) is 3.82. The number of ether oxygens (including phenoxy) is 1. The summed E-state index contributed by atoms with van der Waals surface area (Å²) < 4.78 is 18.6. The lowest BCUT2D eigenvalue weighted by Crippen LogP contribution is -2.56. The lowest BCUT2D eigenvalue weighted by Gasteiger charge is -2.38. The highest BCUT2D eigenvalue weighted by Gasteiger charge is 2.33. The number of carbonyl (C=O) groups excluding carboxylic acids is 1. The van der Waals surface area contributed by atoms with Gasteiger partial charge >= 0.3 is 0 Å². The fourth-order valence-corrected chi connectivity index (χ4v) is 2.47. The molecular formula is C15H11Cl2FN2O2. The molecule has 7 heteroatoms. The van der Waals surface area contributed by atoms with Crippen molar-refractivity contribution in [2.24, 2.45) is 0 Å². The Bertz CT molecular complexity index is 703. The Balaban J connectivity index is 1.58. The van der Waals surface area contributed by atoms with Gasteiger partial charge in [0.1, 0.15) is 11.9 Å². The highest BCUT2D eigenvalue weighted by Crippen LogP contribution is 2.23. The van der Waals surface area contributed by atoms with Gasteiger partial charge in [-0.15, -0.1) is 0 Å². The summed E-state index contributed by atoms with van der Waals surface area (Å²) in [6.45, 7) is 0.855. The van der Waals surface area contributed by atoms with E-state index < -0.39 is 5.82 Å². The maximum atomic E-state index is 13.0. The highest BCUT2D eigenvalue weighted by molar-refractivity contribution is 6.33. The molecule has 1 aromatic heterocycles. The number of hydrogen-bond acceptors (Lipinski definition) is 3. The molecule has 1 fully saturated rings. The van der Waals surface area contributed by atoms with Crippen molar-refractivity contribution in [1.82, 2.24) is 9.88 Å². The largest absolute Gasteiger partial charge is 0.471 e. The van der Waals surface area contributed by atoms with E-state index in [1.54, 1.807) is 17.0 Å². The molecule has 0 atom stereocenters. The van der Waals surface area contributed by atoms with Crippen molar-refractivity contribution in [1.29, 1.82) is 0 Å². The second-order valence-corrected chi connectivity index (χ2v) is 5.73. The zero-order valence-corrected chi connectivity index (χ0v) is 12.8. The molecule has 22 heavy (non-hydrogen) atoms. The molecule has 1 aliphatic rings. The zero-order valence-electron chi connectivity index (χ0n) is 11.3. The van der Waals surface area contributed by atoms with Crippen LogP contribution in [-0.2, 0) is 0 Å². The lowest BCUT2D eigenvalue weighted by atomic mass is 10.1. The summed E-state index contributed by atoms with van der Waals surface area (Å²) in [6, 6.07) is 7.08. The van der Waals surface area contributed by atoms with Crippen LogP contribution in [0, 0.1) is 5.82 Å². The fraction of sp³-hybridized carbons (Fsp3) is 0.200. The third kappa shape index (κ3) is 3.15. The number of aromatic nitrogens is 1.